The number of aromatic amines is 1. The second-order valence-electron chi connectivity index (χ2n) is 7.69. The third-order valence-electron chi connectivity index (χ3n) is 5.57. The normalized spacial score (nSPS) is 16.7. The van der Waals surface area contributed by atoms with Gasteiger partial charge in [0.25, 0.3) is 5.56 Å². The average molecular weight is 441 g/mol. The van der Waals surface area contributed by atoms with Crippen molar-refractivity contribution in [1.82, 2.24) is 24.7 Å². The van der Waals surface area contributed by atoms with Crippen molar-refractivity contribution in [1.29, 1.82) is 0 Å². The highest BCUT2D eigenvalue weighted by molar-refractivity contribution is 7.98. The van der Waals surface area contributed by atoms with Crippen molar-refractivity contribution in [3.05, 3.63) is 40.0 Å². The Kier molecular flexibility index (Phi) is 4.41. The minimum Gasteiger partial charge on any atom is -0.464 e. The van der Waals surface area contributed by atoms with Gasteiger partial charge in [-0.05, 0) is 37.8 Å². The molecule has 10 heteroatoms. The van der Waals surface area contributed by atoms with E-state index in [4.69, 9.17) is 4.42 Å². The molecule has 30 heavy (non-hydrogen) atoms. The van der Waals surface area contributed by atoms with E-state index in [-0.39, 0.29) is 5.56 Å². The predicted molar refractivity (Wildman–Crippen MR) is 117 cm³/mol. The topological polar surface area (TPSA) is 92.8 Å². The van der Waals surface area contributed by atoms with E-state index in [0.717, 1.165) is 34.6 Å². The lowest BCUT2D eigenvalue weighted by atomic mass is 10.2. The van der Waals surface area contributed by atoms with Crippen molar-refractivity contribution in [2.75, 3.05) is 18.0 Å². The Morgan fingerprint density at radius 1 is 1.27 bits per heavy atom. The highest BCUT2D eigenvalue weighted by Gasteiger charge is 2.32. The molecule has 4 aromatic heterocycles. The number of fused-ring (bicyclic) bond motifs is 1. The molecular formula is C20H20N6O2S2. The zero-order valence-corrected chi connectivity index (χ0v) is 17.8. The molecule has 6 rings (SSSR count). The molecule has 1 saturated carbocycles. The summed E-state index contributed by atoms with van der Waals surface area (Å²) in [7, 11) is 0. The Bertz CT molecular complexity index is 1250. The van der Waals surface area contributed by atoms with Gasteiger partial charge in [0.1, 0.15) is 16.4 Å². The van der Waals surface area contributed by atoms with Crippen molar-refractivity contribution in [2.24, 2.45) is 0 Å². The van der Waals surface area contributed by atoms with E-state index in [1.54, 1.807) is 18.0 Å². The molecule has 0 aromatic carbocycles. The number of hydrogen-bond acceptors (Lipinski definition) is 8. The number of aromatic nitrogens is 5. The zero-order valence-electron chi connectivity index (χ0n) is 16.2. The molecule has 4 aromatic rings. The molecule has 2 aliphatic rings. The third-order valence-corrected chi connectivity index (χ3v) is 7.39. The highest BCUT2D eigenvalue weighted by atomic mass is 32.2. The van der Waals surface area contributed by atoms with Crippen LogP contribution in [0.4, 0.5) is 5.95 Å². The molecular weight excluding hydrogens is 420 g/mol. The summed E-state index contributed by atoms with van der Waals surface area (Å²) in [5.74, 6) is 2.88. The summed E-state index contributed by atoms with van der Waals surface area (Å²) >= 11 is 3.05. The summed E-state index contributed by atoms with van der Waals surface area (Å²) in [5, 5.41) is 12.4. The number of thioether (sulfide) groups is 1. The molecule has 0 spiro atoms. The van der Waals surface area contributed by atoms with Crippen molar-refractivity contribution in [3.8, 4) is 11.3 Å². The van der Waals surface area contributed by atoms with Gasteiger partial charge in [0.05, 0.1) is 17.4 Å². The van der Waals surface area contributed by atoms with Gasteiger partial charge in [0.15, 0.2) is 5.16 Å². The Morgan fingerprint density at radius 2 is 2.13 bits per heavy atom. The van der Waals surface area contributed by atoms with Gasteiger partial charge < -0.3 is 14.3 Å². The molecule has 0 amide bonds. The van der Waals surface area contributed by atoms with Gasteiger partial charge in [0, 0.05) is 30.1 Å². The fourth-order valence-electron chi connectivity index (χ4n) is 3.96. The van der Waals surface area contributed by atoms with Gasteiger partial charge in [-0.1, -0.05) is 11.8 Å². The van der Waals surface area contributed by atoms with E-state index in [9.17, 15) is 4.79 Å². The summed E-state index contributed by atoms with van der Waals surface area (Å²) in [6.45, 7) is 2.11. The maximum absolute atomic E-state index is 12.8. The fourth-order valence-corrected chi connectivity index (χ4v) is 5.78. The lowest BCUT2D eigenvalue weighted by molar-refractivity contribution is 0.583. The maximum Gasteiger partial charge on any atom is 0.260 e. The van der Waals surface area contributed by atoms with Crippen LogP contribution in [0, 0.1) is 0 Å². The Balaban J connectivity index is 1.28. The van der Waals surface area contributed by atoms with E-state index in [1.165, 1.54) is 37.0 Å². The molecule has 5 heterocycles. The number of nitrogens with one attached hydrogen (secondary N) is 1. The summed E-state index contributed by atoms with van der Waals surface area (Å²) in [6.07, 6.45) is 6.40. The minimum atomic E-state index is -0.135. The number of rotatable bonds is 6. The van der Waals surface area contributed by atoms with Crippen LogP contribution in [0.2, 0.25) is 0 Å². The van der Waals surface area contributed by atoms with E-state index >= 15 is 0 Å². The van der Waals surface area contributed by atoms with Gasteiger partial charge in [0.2, 0.25) is 5.95 Å². The van der Waals surface area contributed by atoms with E-state index < -0.39 is 0 Å². The van der Waals surface area contributed by atoms with Crippen LogP contribution in [0.25, 0.3) is 21.5 Å². The first kappa shape index (κ1) is 18.2. The second-order valence-corrected chi connectivity index (χ2v) is 9.49. The molecule has 1 aliphatic heterocycles. The van der Waals surface area contributed by atoms with Crippen LogP contribution >= 0.6 is 23.1 Å². The Morgan fingerprint density at radius 3 is 2.90 bits per heavy atom. The van der Waals surface area contributed by atoms with Crippen LogP contribution in [0.3, 0.4) is 0 Å². The smallest absolute Gasteiger partial charge is 0.260 e. The summed E-state index contributed by atoms with van der Waals surface area (Å²) in [4.78, 5) is 23.5. The second kappa shape index (κ2) is 7.28. The minimum absolute atomic E-state index is 0.135. The van der Waals surface area contributed by atoms with Crippen molar-refractivity contribution >= 4 is 39.3 Å². The van der Waals surface area contributed by atoms with Crippen molar-refractivity contribution < 1.29 is 4.42 Å². The molecule has 0 unspecified atom stereocenters. The number of anilines is 1. The van der Waals surface area contributed by atoms with Crippen LogP contribution in [0.5, 0.6) is 0 Å². The Hall–Kier alpha value is -2.59. The van der Waals surface area contributed by atoms with E-state index in [1.807, 2.05) is 17.5 Å². The summed E-state index contributed by atoms with van der Waals surface area (Å²) in [6, 6.07) is 4.17. The molecule has 0 atom stereocenters. The van der Waals surface area contributed by atoms with Crippen LogP contribution in [0.15, 0.2) is 38.1 Å². The average Bonchev–Trinajstić information content (AvgIpc) is 3.25. The summed E-state index contributed by atoms with van der Waals surface area (Å²) in [5.41, 5.74) is 0.654. The maximum atomic E-state index is 12.8. The molecule has 8 nitrogen and oxygen atoms in total. The lowest BCUT2D eigenvalue weighted by Gasteiger charge is -2.17. The van der Waals surface area contributed by atoms with E-state index in [2.05, 4.69) is 29.6 Å². The number of hydrogen-bond donors (Lipinski definition) is 1. The van der Waals surface area contributed by atoms with Crippen molar-refractivity contribution in [3.63, 3.8) is 0 Å². The number of thiophene rings is 1. The summed E-state index contributed by atoms with van der Waals surface area (Å²) < 4.78 is 7.75. The van der Waals surface area contributed by atoms with Gasteiger partial charge in [-0.25, -0.2) is 4.98 Å². The zero-order chi connectivity index (χ0) is 20.1. The van der Waals surface area contributed by atoms with Gasteiger partial charge in [-0.3, -0.25) is 9.36 Å². The highest BCUT2D eigenvalue weighted by Crippen LogP contribution is 2.41. The SMILES string of the molecule is O=c1[nH]c(CSc2nnc(N3CCCC3)n2C2CC2)nc2scc(-c3ccco3)c12. The van der Waals surface area contributed by atoms with Gasteiger partial charge in [-0.2, -0.15) is 0 Å². The molecule has 0 radical (unpaired) electrons. The molecule has 1 saturated heterocycles. The molecule has 154 valence electrons. The number of furan rings is 1. The van der Waals surface area contributed by atoms with E-state index in [0.29, 0.717) is 28.8 Å². The fraction of sp³-hybridized carbons (Fsp3) is 0.400. The lowest BCUT2D eigenvalue weighted by Crippen LogP contribution is -2.22. The number of H-pyrrole nitrogens is 1. The Labute approximate surface area is 180 Å². The first-order valence-electron chi connectivity index (χ1n) is 10.1. The molecule has 0 bridgehead atoms. The van der Waals surface area contributed by atoms with Gasteiger partial charge >= 0.3 is 0 Å². The van der Waals surface area contributed by atoms with Crippen LogP contribution in [-0.4, -0.2) is 37.8 Å². The van der Waals surface area contributed by atoms with Crippen LogP contribution in [-0.2, 0) is 5.75 Å². The molecule has 1 aliphatic carbocycles. The third kappa shape index (κ3) is 3.14. The first-order valence-corrected chi connectivity index (χ1v) is 12.0. The first-order chi connectivity index (χ1) is 14.8. The standard InChI is InChI=1S/C20H20N6O2S2/c27-17-16-13(14-4-3-9-28-14)10-29-18(16)22-15(21-17)11-30-20-24-23-19(25-7-1-2-8-25)26(20)12-5-6-12/h3-4,9-10,12H,1-2,5-8,11H2,(H,21,22,27). The monoisotopic (exact) mass is 440 g/mol. The molecule has 1 N–H and O–H groups in total. The largest absolute Gasteiger partial charge is 0.464 e. The molecule has 2 fully saturated rings. The quantitative estimate of drug-likeness (QED) is 0.452. The number of nitrogens with zero attached hydrogens (tertiary/aromatic N) is 5. The van der Waals surface area contributed by atoms with Crippen LogP contribution in [0.1, 0.15) is 37.5 Å². The van der Waals surface area contributed by atoms with Crippen LogP contribution < -0.4 is 10.5 Å². The predicted octanol–water partition coefficient (Wildman–Crippen LogP) is 4.06. The van der Waals surface area contributed by atoms with Crippen molar-refractivity contribution in [2.45, 2.75) is 42.6 Å². The van der Waals surface area contributed by atoms with Gasteiger partial charge in [-0.15, -0.1) is 21.5 Å².